The number of fused-ring (bicyclic) bond motifs is 2. The van der Waals surface area contributed by atoms with E-state index in [1.165, 1.54) is 6.21 Å². The van der Waals surface area contributed by atoms with Crippen LogP contribution in [0.2, 0.25) is 0 Å². The summed E-state index contributed by atoms with van der Waals surface area (Å²) in [7, 11) is 1.56. The molecule has 3 aromatic carbocycles. The lowest BCUT2D eigenvalue weighted by Crippen LogP contribution is -2.16. The highest BCUT2D eigenvalue weighted by Crippen LogP contribution is 2.34. The van der Waals surface area contributed by atoms with Crippen molar-refractivity contribution in [2.45, 2.75) is 6.61 Å². The summed E-state index contributed by atoms with van der Waals surface area (Å²) >= 11 is 3.40. The van der Waals surface area contributed by atoms with E-state index >= 15 is 0 Å². The van der Waals surface area contributed by atoms with E-state index in [1.807, 2.05) is 36.4 Å². The second kappa shape index (κ2) is 9.48. The second-order valence-electron chi connectivity index (χ2n) is 7.38. The maximum absolute atomic E-state index is 12.4. The molecule has 0 fully saturated rings. The van der Waals surface area contributed by atoms with E-state index < -0.39 is 5.91 Å². The predicted octanol–water partition coefficient (Wildman–Crippen LogP) is 5.28. The Hall–Kier alpha value is -3.98. The maximum atomic E-state index is 12.4. The van der Waals surface area contributed by atoms with Gasteiger partial charge in [0.25, 0.3) is 0 Å². The van der Waals surface area contributed by atoms with Crippen LogP contribution in [0.4, 0.5) is 0 Å². The Bertz CT molecular complexity index is 1400. The first-order valence-electron chi connectivity index (χ1n) is 10.3. The molecule has 1 aliphatic rings. The van der Waals surface area contributed by atoms with Crippen molar-refractivity contribution in [1.29, 1.82) is 0 Å². The Kier molecular flexibility index (Phi) is 6.09. The topological polar surface area (TPSA) is 91.5 Å². The number of halogens is 1. The van der Waals surface area contributed by atoms with Gasteiger partial charge in [-0.15, -0.1) is 0 Å². The number of ether oxygens (including phenoxy) is 4. The van der Waals surface area contributed by atoms with Gasteiger partial charge in [0.05, 0.1) is 13.3 Å². The van der Waals surface area contributed by atoms with E-state index in [-0.39, 0.29) is 12.6 Å². The van der Waals surface area contributed by atoms with Crippen LogP contribution in [0.25, 0.3) is 11.0 Å². The third-order valence-electron chi connectivity index (χ3n) is 5.10. The van der Waals surface area contributed by atoms with Crippen LogP contribution in [-0.2, 0) is 6.61 Å². The highest BCUT2D eigenvalue weighted by molar-refractivity contribution is 9.10. The number of nitrogens with zero attached hydrogens (tertiary/aromatic N) is 1. The summed E-state index contributed by atoms with van der Waals surface area (Å²) in [6, 6.07) is 18.2. The molecule has 4 aromatic rings. The van der Waals surface area contributed by atoms with Gasteiger partial charge in [0.15, 0.2) is 28.8 Å². The van der Waals surface area contributed by atoms with Crippen LogP contribution in [0.3, 0.4) is 0 Å². The number of furan rings is 1. The summed E-state index contributed by atoms with van der Waals surface area (Å²) in [4.78, 5) is 12.4. The standard InChI is InChI=1S/C25H19BrN2O6/c1-30-22-8-15(2-5-20(22)31-13-16-3-6-21-23(9-16)33-14-32-21)12-27-28-25(29)24-11-17-10-18(26)4-7-19(17)34-24/h2-12H,13-14H2,1H3,(H,28,29)/b27-12+. The lowest BCUT2D eigenvalue weighted by Gasteiger charge is -2.11. The quantitative estimate of drug-likeness (QED) is 0.262. The molecule has 0 atom stereocenters. The van der Waals surface area contributed by atoms with Crippen molar-refractivity contribution in [3.05, 3.63) is 82.0 Å². The van der Waals surface area contributed by atoms with Gasteiger partial charge in [-0.2, -0.15) is 5.10 Å². The molecule has 0 bridgehead atoms. The molecule has 1 aliphatic heterocycles. The summed E-state index contributed by atoms with van der Waals surface area (Å²) in [6.45, 7) is 0.567. The molecule has 0 aliphatic carbocycles. The maximum Gasteiger partial charge on any atom is 0.307 e. The lowest BCUT2D eigenvalue weighted by atomic mass is 10.2. The van der Waals surface area contributed by atoms with Crippen molar-refractivity contribution >= 4 is 39.0 Å². The van der Waals surface area contributed by atoms with Crippen LogP contribution in [0.15, 0.2) is 74.7 Å². The Morgan fingerprint density at radius 2 is 1.94 bits per heavy atom. The lowest BCUT2D eigenvalue weighted by molar-refractivity contribution is 0.0929. The van der Waals surface area contributed by atoms with Crippen LogP contribution in [0.1, 0.15) is 21.7 Å². The number of amides is 1. The van der Waals surface area contributed by atoms with Crippen molar-refractivity contribution in [3.63, 3.8) is 0 Å². The number of hydrazone groups is 1. The zero-order chi connectivity index (χ0) is 23.5. The van der Waals surface area contributed by atoms with Gasteiger partial charge >= 0.3 is 5.91 Å². The molecular weight excluding hydrogens is 504 g/mol. The first-order valence-corrected chi connectivity index (χ1v) is 11.1. The number of nitrogens with one attached hydrogen (secondary N) is 1. The molecule has 0 radical (unpaired) electrons. The second-order valence-corrected chi connectivity index (χ2v) is 8.29. The molecule has 34 heavy (non-hydrogen) atoms. The molecule has 1 amide bonds. The molecule has 0 saturated carbocycles. The third kappa shape index (κ3) is 4.69. The first-order chi connectivity index (χ1) is 16.6. The molecular formula is C25H19BrN2O6. The molecule has 0 unspecified atom stereocenters. The monoisotopic (exact) mass is 522 g/mol. The van der Waals surface area contributed by atoms with E-state index in [2.05, 4.69) is 26.5 Å². The van der Waals surface area contributed by atoms with Crippen molar-refractivity contribution in [2.24, 2.45) is 5.10 Å². The molecule has 2 heterocycles. The molecule has 0 saturated heterocycles. The summed E-state index contributed by atoms with van der Waals surface area (Å²) in [6.07, 6.45) is 1.52. The minimum Gasteiger partial charge on any atom is -0.493 e. The molecule has 8 nitrogen and oxygen atoms in total. The number of benzene rings is 3. The van der Waals surface area contributed by atoms with Gasteiger partial charge in [0.1, 0.15) is 12.2 Å². The summed E-state index contributed by atoms with van der Waals surface area (Å²) in [5.74, 6) is 2.28. The normalized spacial score (nSPS) is 12.3. The Balaban J connectivity index is 1.22. The first kappa shape index (κ1) is 21.8. The SMILES string of the molecule is COc1cc(/C=N/NC(=O)c2cc3cc(Br)ccc3o2)ccc1OCc1ccc2c(c1)OCO2. The van der Waals surface area contributed by atoms with Crippen LogP contribution in [0, 0.1) is 0 Å². The zero-order valence-corrected chi connectivity index (χ0v) is 19.6. The van der Waals surface area contributed by atoms with Gasteiger partial charge in [0, 0.05) is 9.86 Å². The summed E-state index contributed by atoms with van der Waals surface area (Å²) in [5.41, 5.74) is 4.76. The van der Waals surface area contributed by atoms with E-state index in [1.54, 1.807) is 31.4 Å². The Morgan fingerprint density at radius 1 is 1.06 bits per heavy atom. The average Bonchev–Trinajstić information content (AvgIpc) is 3.49. The van der Waals surface area contributed by atoms with Crippen molar-refractivity contribution in [2.75, 3.05) is 13.9 Å². The van der Waals surface area contributed by atoms with E-state index in [0.29, 0.717) is 29.4 Å². The molecule has 9 heteroatoms. The fourth-order valence-corrected chi connectivity index (χ4v) is 3.80. The van der Waals surface area contributed by atoms with E-state index in [9.17, 15) is 4.79 Å². The zero-order valence-electron chi connectivity index (χ0n) is 18.0. The highest BCUT2D eigenvalue weighted by Gasteiger charge is 2.14. The largest absolute Gasteiger partial charge is 0.493 e. The number of rotatable bonds is 7. The summed E-state index contributed by atoms with van der Waals surface area (Å²) in [5, 5.41) is 4.85. The van der Waals surface area contributed by atoms with Crippen LogP contribution >= 0.6 is 15.9 Å². The van der Waals surface area contributed by atoms with Gasteiger partial charge < -0.3 is 23.4 Å². The highest BCUT2D eigenvalue weighted by atomic mass is 79.9. The van der Waals surface area contributed by atoms with Gasteiger partial charge in [-0.3, -0.25) is 4.79 Å². The van der Waals surface area contributed by atoms with Crippen LogP contribution in [-0.4, -0.2) is 26.0 Å². The van der Waals surface area contributed by atoms with Crippen molar-refractivity contribution in [1.82, 2.24) is 5.43 Å². The van der Waals surface area contributed by atoms with Crippen LogP contribution in [0.5, 0.6) is 23.0 Å². The Morgan fingerprint density at radius 3 is 2.82 bits per heavy atom. The average molecular weight is 523 g/mol. The van der Waals surface area contributed by atoms with Gasteiger partial charge in [-0.25, -0.2) is 5.43 Å². The van der Waals surface area contributed by atoms with E-state index in [0.717, 1.165) is 26.7 Å². The molecule has 1 aromatic heterocycles. The minimum absolute atomic E-state index is 0.176. The smallest absolute Gasteiger partial charge is 0.307 e. The van der Waals surface area contributed by atoms with Gasteiger partial charge in [0.2, 0.25) is 6.79 Å². The number of methoxy groups -OCH3 is 1. The molecule has 1 N–H and O–H groups in total. The predicted molar refractivity (Wildman–Crippen MR) is 129 cm³/mol. The van der Waals surface area contributed by atoms with Gasteiger partial charge in [-0.05, 0) is 65.7 Å². The summed E-state index contributed by atoms with van der Waals surface area (Å²) < 4.78 is 28.6. The van der Waals surface area contributed by atoms with E-state index in [4.69, 9.17) is 23.4 Å². The number of carbonyl (C=O) groups excluding carboxylic acids is 1. The number of hydrogen-bond acceptors (Lipinski definition) is 7. The van der Waals surface area contributed by atoms with Gasteiger partial charge in [-0.1, -0.05) is 22.0 Å². The number of hydrogen-bond donors (Lipinski definition) is 1. The van der Waals surface area contributed by atoms with Crippen molar-refractivity contribution < 1.29 is 28.2 Å². The minimum atomic E-state index is -0.445. The Labute approximate surface area is 203 Å². The molecule has 172 valence electrons. The molecule has 5 rings (SSSR count). The fourth-order valence-electron chi connectivity index (χ4n) is 3.42. The fraction of sp³-hybridized carbons (Fsp3) is 0.120. The number of carbonyl (C=O) groups is 1. The molecule has 0 spiro atoms. The third-order valence-corrected chi connectivity index (χ3v) is 5.59. The van der Waals surface area contributed by atoms with Crippen LogP contribution < -0.4 is 24.4 Å². The van der Waals surface area contributed by atoms with Crippen molar-refractivity contribution in [3.8, 4) is 23.0 Å².